The minimum Gasteiger partial charge on any atom is -0.358 e. The Balaban J connectivity index is 2.49. The molecule has 0 unspecified atom stereocenters. The van der Waals surface area contributed by atoms with Gasteiger partial charge in [-0.05, 0) is 24.3 Å². The van der Waals surface area contributed by atoms with E-state index < -0.39 is 11.7 Å². The topological polar surface area (TPSA) is 32.9 Å². The third-order valence-electron chi connectivity index (χ3n) is 2.31. The second-order valence-corrected chi connectivity index (χ2v) is 3.47. The number of hydrogen-bond donors (Lipinski definition) is 1. The maximum Gasteiger partial charge on any atom is 0.416 e. The van der Waals surface area contributed by atoms with Gasteiger partial charge >= 0.3 is 6.18 Å². The number of alkyl halides is 3. The van der Waals surface area contributed by atoms with Crippen molar-refractivity contribution in [2.24, 2.45) is 0 Å². The fourth-order valence-corrected chi connectivity index (χ4v) is 1.57. The summed E-state index contributed by atoms with van der Waals surface area (Å²) >= 11 is 0. The third-order valence-corrected chi connectivity index (χ3v) is 2.31. The molecule has 0 aliphatic heterocycles. The van der Waals surface area contributed by atoms with Gasteiger partial charge in [0.1, 0.15) is 6.29 Å². The van der Waals surface area contributed by atoms with E-state index in [-0.39, 0.29) is 6.42 Å². The van der Waals surface area contributed by atoms with Crippen molar-refractivity contribution in [3.05, 3.63) is 35.5 Å². The Kier molecular flexibility index (Phi) is 2.46. The zero-order valence-electron chi connectivity index (χ0n) is 8.14. The summed E-state index contributed by atoms with van der Waals surface area (Å²) in [5.41, 5.74) is 0.533. The molecule has 0 spiro atoms. The van der Waals surface area contributed by atoms with Crippen molar-refractivity contribution in [1.82, 2.24) is 4.98 Å². The molecule has 0 bridgehead atoms. The van der Waals surface area contributed by atoms with E-state index in [4.69, 9.17) is 0 Å². The van der Waals surface area contributed by atoms with Gasteiger partial charge in [0.2, 0.25) is 0 Å². The molecule has 0 amide bonds. The Morgan fingerprint density at radius 2 is 2.00 bits per heavy atom. The maximum absolute atomic E-state index is 12.4. The van der Waals surface area contributed by atoms with Crippen molar-refractivity contribution in [3.63, 3.8) is 0 Å². The molecule has 84 valence electrons. The molecule has 0 saturated carbocycles. The number of aromatic amines is 1. The van der Waals surface area contributed by atoms with Crippen LogP contribution in [0.2, 0.25) is 0 Å². The van der Waals surface area contributed by atoms with Crippen molar-refractivity contribution in [2.75, 3.05) is 0 Å². The van der Waals surface area contributed by atoms with Gasteiger partial charge < -0.3 is 9.78 Å². The average molecular weight is 227 g/mol. The van der Waals surface area contributed by atoms with Crippen LogP contribution >= 0.6 is 0 Å². The van der Waals surface area contributed by atoms with Crippen molar-refractivity contribution in [3.8, 4) is 0 Å². The Morgan fingerprint density at radius 1 is 1.25 bits per heavy atom. The quantitative estimate of drug-likeness (QED) is 0.786. The fourth-order valence-electron chi connectivity index (χ4n) is 1.57. The predicted octanol–water partition coefficient (Wildman–Crippen LogP) is 2.93. The number of halogens is 3. The molecule has 1 heterocycles. The fraction of sp³-hybridized carbons (Fsp3) is 0.182. The SMILES string of the molecule is O=CCc1cc2cc(C(F)(F)F)ccc2[nH]1. The molecule has 1 aromatic heterocycles. The van der Waals surface area contributed by atoms with E-state index in [1.807, 2.05) is 0 Å². The molecule has 2 aromatic rings. The summed E-state index contributed by atoms with van der Waals surface area (Å²) in [5.74, 6) is 0. The maximum atomic E-state index is 12.4. The van der Waals surface area contributed by atoms with Gasteiger partial charge in [-0.2, -0.15) is 13.2 Å². The Labute approximate surface area is 89.1 Å². The Bertz CT molecular complexity index is 527. The molecule has 0 atom stereocenters. The highest BCUT2D eigenvalue weighted by Crippen LogP contribution is 2.31. The molecule has 16 heavy (non-hydrogen) atoms. The first-order valence-electron chi connectivity index (χ1n) is 4.63. The van der Waals surface area contributed by atoms with E-state index in [1.54, 1.807) is 6.07 Å². The lowest BCUT2D eigenvalue weighted by molar-refractivity contribution is -0.137. The molecule has 0 saturated heterocycles. The highest BCUT2D eigenvalue weighted by molar-refractivity contribution is 5.82. The summed E-state index contributed by atoms with van der Waals surface area (Å²) in [6.07, 6.45) is -3.46. The minimum atomic E-state index is -4.34. The smallest absolute Gasteiger partial charge is 0.358 e. The van der Waals surface area contributed by atoms with E-state index in [0.717, 1.165) is 12.1 Å². The number of aromatic nitrogens is 1. The van der Waals surface area contributed by atoms with E-state index >= 15 is 0 Å². The van der Waals surface area contributed by atoms with E-state index in [2.05, 4.69) is 4.98 Å². The van der Waals surface area contributed by atoms with Crippen LogP contribution in [0.25, 0.3) is 10.9 Å². The largest absolute Gasteiger partial charge is 0.416 e. The molecular formula is C11H8F3NO. The zero-order chi connectivity index (χ0) is 11.8. The number of hydrogen-bond acceptors (Lipinski definition) is 1. The van der Waals surface area contributed by atoms with Gasteiger partial charge in [0.05, 0.1) is 5.56 Å². The van der Waals surface area contributed by atoms with Crippen LogP contribution in [0, 0.1) is 0 Å². The van der Waals surface area contributed by atoms with Gasteiger partial charge in [-0.1, -0.05) is 0 Å². The molecule has 5 heteroatoms. The van der Waals surface area contributed by atoms with E-state index in [9.17, 15) is 18.0 Å². The monoisotopic (exact) mass is 227 g/mol. The summed E-state index contributed by atoms with van der Waals surface area (Å²) < 4.78 is 37.2. The molecule has 2 nitrogen and oxygen atoms in total. The second-order valence-electron chi connectivity index (χ2n) is 3.47. The lowest BCUT2D eigenvalue weighted by Crippen LogP contribution is -2.03. The predicted molar refractivity (Wildman–Crippen MR) is 53.1 cm³/mol. The molecule has 2 rings (SSSR count). The average Bonchev–Trinajstić information content (AvgIpc) is 2.57. The van der Waals surface area contributed by atoms with Gasteiger partial charge in [-0.3, -0.25) is 0 Å². The number of rotatable bonds is 2. The van der Waals surface area contributed by atoms with Gasteiger partial charge in [0.15, 0.2) is 0 Å². The number of fused-ring (bicyclic) bond motifs is 1. The number of carbonyl (C=O) groups excluding carboxylic acids is 1. The van der Waals surface area contributed by atoms with Crippen molar-refractivity contribution in [1.29, 1.82) is 0 Å². The van der Waals surface area contributed by atoms with E-state index in [0.29, 0.717) is 22.9 Å². The van der Waals surface area contributed by atoms with Crippen LogP contribution in [0.5, 0.6) is 0 Å². The first kappa shape index (κ1) is 10.7. The number of carbonyl (C=O) groups is 1. The molecule has 0 aliphatic carbocycles. The summed E-state index contributed by atoms with van der Waals surface area (Å²) in [7, 11) is 0. The van der Waals surface area contributed by atoms with Crippen molar-refractivity contribution in [2.45, 2.75) is 12.6 Å². The highest BCUT2D eigenvalue weighted by Gasteiger charge is 2.30. The lowest BCUT2D eigenvalue weighted by atomic mass is 10.1. The van der Waals surface area contributed by atoms with E-state index in [1.165, 1.54) is 6.07 Å². The first-order valence-corrected chi connectivity index (χ1v) is 4.63. The van der Waals surface area contributed by atoms with Crippen LogP contribution in [0.1, 0.15) is 11.3 Å². The Morgan fingerprint density at radius 3 is 2.62 bits per heavy atom. The minimum absolute atomic E-state index is 0.177. The number of aldehydes is 1. The highest BCUT2D eigenvalue weighted by atomic mass is 19.4. The van der Waals surface area contributed by atoms with Gasteiger partial charge in [-0.15, -0.1) is 0 Å². The molecule has 0 radical (unpaired) electrons. The second kappa shape index (κ2) is 3.66. The van der Waals surface area contributed by atoms with Crippen molar-refractivity contribution >= 4 is 17.2 Å². The third kappa shape index (κ3) is 1.93. The molecule has 0 fully saturated rings. The molecule has 0 aliphatic rings. The number of nitrogens with one attached hydrogen (secondary N) is 1. The van der Waals surface area contributed by atoms with Crippen LogP contribution < -0.4 is 0 Å². The van der Waals surface area contributed by atoms with Gasteiger partial charge in [0.25, 0.3) is 0 Å². The van der Waals surface area contributed by atoms with Crippen LogP contribution in [-0.4, -0.2) is 11.3 Å². The number of H-pyrrole nitrogens is 1. The standard InChI is InChI=1S/C11H8F3NO/c12-11(13,14)8-1-2-10-7(5-8)6-9(15-10)3-4-16/h1-2,4-6,15H,3H2. The zero-order valence-corrected chi connectivity index (χ0v) is 8.14. The van der Waals surface area contributed by atoms with Crippen LogP contribution in [0.4, 0.5) is 13.2 Å². The van der Waals surface area contributed by atoms with Gasteiger partial charge in [0, 0.05) is 23.0 Å². The molecule has 1 N–H and O–H groups in total. The lowest BCUT2D eigenvalue weighted by Gasteiger charge is -2.05. The summed E-state index contributed by atoms with van der Waals surface area (Å²) in [6.45, 7) is 0. The Hall–Kier alpha value is -1.78. The van der Waals surface area contributed by atoms with Crippen LogP contribution in [-0.2, 0) is 17.4 Å². The van der Waals surface area contributed by atoms with Crippen LogP contribution in [0.15, 0.2) is 24.3 Å². The normalized spacial score (nSPS) is 11.9. The van der Waals surface area contributed by atoms with Crippen molar-refractivity contribution < 1.29 is 18.0 Å². The van der Waals surface area contributed by atoms with Crippen LogP contribution in [0.3, 0.4) is 0 Å². The number of benzene rings is 1. The summed E-state index contributed by atoms with van der Waals surface area (Å²) in [5, 5.41) is 0.465. The summed E-state index contributed by atoms with van der Waals surface area (Å²) in [4.78, 5) is 13.2. The molecule has 1 aromatic carbocycles. The van der Waals surface area contributed by atoms with Gasteiger partial charge in [-0.25, -0.2) is 0 Å². The molecular weight excluding hydrogens is 219 g/mol. The summed E-state index contributed by atoms with van der Waals surface area (Å²) in [6, 6.07) is 5.01. The first-order chi connectivity index (χ1) is 7.50.